The molecule has 5 heteroatoms. The van der Waals surface area contributed by atoms with Crippen LogP contribution in [-0.4, -0.2) is 24.1 Å². The molecule has 3 aromatic heterocycles. The third-order valence-electron chi connectivity index (χ3n) is 12.5. The van der Waals surface area contributed by atoms with E-state index >= 15 is 0 Å². The van der Waals surface area contributed by atoms with Gasteiger partial charge in [0.1, 0.15) is 0 Å². The molecule has 0 aliphatic heterocycles. The molecule has 12 aromatic rings. The molecule has 2 aliphatic carbocycles. The summed E-state index contributed by atoms with van der Waals surface area (Å²) in [5, 5.41) is -1.05. The summed E-state index contributed by atoms with van der Waals surface area (Å²) in [7, 11) is 0. The van der Waals surface area contributed by atoms with E-state index in [1.54, 1.807) is 12.1 Å². The molecule has 63 heavy (non-hydrogen) atoms. The second-order valence-corrected chi connectivity index (χ2v) is 15.6. The molecular formula is C58H35N5. The van der Waals surface area contributed by atoms with Crippen molar-refractivity contribution in [1.82, 2.24) is 24.1 Å². The average molecular weight is 818 g/mol. The lowest BCUT2D eigenvalue weighted by Gasteiger charge is -2.30. The molecule has 0 unspecified atom stereocenters. The van der Waals surface area contributed by atoms with Crippen LogP contribution >= 0.6 is 0 Å². The van der Waals surface area contributed by atoms with E-state index < -0.39 is 114 Å². The van der Waals surface area contributed by atoms with Crippen LogP contribution in [0.3, 0.4) is 0 Å². The van der Waals surface area contributed by atoms with Gasteiger partial charge in [0, 0.05) is 27.1 Å². The molecule has 0 bridgehead atoms. The topological polar surface area (TPSA) is 48.5 Å². The van der Waals surface area contributed by atoms with Crippen LogP contribution in [0.25, 0.3) is 100 Å². The first kappa shape index (κ1) is 22.4. The summed E-state index contributed by atoms with van der Waals surface area (Å²) in [6, 6.07) is 28.4. The normalized spacial score (nSPS) is 16.8. The van der Waals surface area contributed by atoms with Crippen LogP contribution in [0.1, 0.15) is 44.2 Å². The summed E-state index contributed by atoms with van der Waals surface area (Å²) < 4.78 is 146. The van der Waals surface area contributed by atoms with E-state index in [1.807, 2.05) is 36.4 Å². The Balaban J connectivity index is 1.08. The molecule has 5 nitrogen and oxygen atoms in total. The van der Waals surface area contributed by atoms with Gasteiger partial charge in [0.15, 0.2) is 5.82 Å². The minimum atomic E-state index is -0.697. The molecule has 1 spiro atoms. The van der Waals surface area contributed by atoms with E-state index in [0.29, 0.717) is 11.1 Å². The van der Waals surface area contributed by atoms with Gasteiger partial charge in [-0.1, -0.05) is 176 Å². The lowest BCUT2D eigenvalue weighted by Crippen LogP contribution is -2.25. The van der Waals surface area contributed by atoms with Crippen molar-refractivity contribution in [2.45, 2.75) is 5.41 Å². The van der Waals surface area contributed by atoms with Crippen molar-refractivity contribution >= 4 is 43.6 Å². The van der Waals surface area contributed by atoms with E-state index in [0.717, 1.165) is 59.2 Å². The van der Waals surface area contributed by atoms with Gasteiger partial charge in [0.05, 0.1) is 49.4 Å². The van der Waals surface area contributed by atoms with E-state index in [9.17, 15) is 5.48 Å². The van der Waals surface area contributed by atoms with Gasteiger partial charge in [0.25, 0.3) is 0 Å². The summed E-state index contributed by atoms with van der Waals surface area (Å²) in [5.41, 5.74) is 8.87. The lowest BCUT2D eigenvalue weighted by molar-refractivity contribution is 0.794. The molecule has 292 valence electrons. The maximum atomic E-state index is 9.30. The average Bonchev–Trinajstić information content (AvgIpc) is 3.88. The predicted molar refractivity (Wildman–Crippen MR) is 256 cm³/mol. The Hall–Kier alpha value is -8.41. The monoisotopic (exact) mass is 817 g/mol. The molecule has 0 fully saturated rings. The number of benzene rings is 9. The van der Waals surface area contributed by atoms with Crippen molar-refractivity contribution in [1.29, 1.82) is 0 Å². The summed E-state index contributed by atoms with van der Waals surface area (Å²) in [6.07, 6.45) is 0. The number of hydrogen-bond donors (Lipinski definition) is 0. The fraction of sp³-hybridized carbons (Fsp3) is 0.0172. The maximum absolute atomic E-state index is 9.30. The Bertz CT molecular complexity index is 4440. The van der Waals surface area contributed by atoms with Gasteiger partial charge in [0.2, 0.25) is 11.9 Å². The van der Waals surface area contributed by atoms with Gasteiger partial charge < -0.3 is 0 Å². The van der Waals surface area contributed by atoms with E-state index in [1.165, 1.54) is 0 Å². The van der Waals surface area contributed by atoms with Crippen LogP contribution in [0.5, 0.6) is 0 Å². The van der Waals surface area contributed by atoms with Crippen molar-refractivity contribution in [3.8, 4) is 56.7 Å². The highest BCUT2D eigenvalue weighted by Gasteiger charge is 2.51. The van der Waals surface area contributed by atoms with Gasteiger partial charge >= 0.3 is 0 Å². The second kappa shape index (κ2) is 12.8. The molecule has 14 rings (SSSR count). The van der Waals surface area contributed by atoms with Crippen LogP contribution in [0, 0.1) is 0 Å². The number of nitrogens with zero attached hydrogens (tertiary/aromatic N) is 5. The Labute approximate surface area is 385 Å². The number of fused-ring (bicyclic) bond motifs is 16. The largest absolute Gasteiger partial charge is 0.278 e. The molecule has 0 N–H and O–H groups in total. The Morgan fingerprint density at radius 3 is 1.22 bits per heavy atom. The van der Waals surface area contributed by atoms with Crippen LogP contribution in [0.4, 0.5) is 0 Å². The molecule has 3 heterocycles. The third-order valence-corrected chi connectivity index (χ3v) is 12.5. The van der Waals surface area contributed by atoms with Crippen molar-refractivity contribution < 1.29 is 21.9 Å². The first-order chi connectivity index (χ1) is 37.9. The fourth-order valence-electron chi connectivity index (χ4n) is 10.0. The number of aromatic nitrogens is 5. The molecule has 0 amide bonds. The summed E-state index contributed by atoms with van der Waals surface area (Å²) in [5.74, 6) is -1.07. The van der Waals surface area contributed by atoms with E-state index in [4.69, 9.17) is 31.4 Å². The van der Waals surface area contributed by atoms with Crippen molar-refractivity contribution in [3.63, 3.8) is 0 Å². The number of hydrogen-bond acceptors (Lipinski definition) is 3. The Morgan fingerprint density at radius 1 is 0.349 bits per heavy atom. The predicted octanol–water partition coefficient (Wildman–Crippen LogP) is 13.7. The first-order valence-corrected chi connectivity index (χ1v) is 20.2. The highest BCUT2D eigenvalue weighted by molar-refractivity contribution is 6.10. The number of para-hydroxylation sites is 4. The summed E-state index contributed by atoms with van der Waals surface area (Å²) in [6.45, 7) is 0. The smallest absolute Gasteiger partial charge is 0.240 e. The molecule has 9 aromatic carbocycles. The third kappa shape index (κ3) is 4.63. The van der Waals surface area contributed by atoms with Crippen LogP contribution in [0.15, 0.2) is 212 Å². The molecular weight excluding hydrogens is 767 g/mol. The van der Waals surface area contributed by atoms with Crippen LogP contribution in [0.2, 0.25) is 0 Å². The van der Waals surface area contributed by atoms with Crippen LogP contribution in [-0.2, 0) is 5.41 Å². The van der Waals surface area contributed by atoms with E-state index in [-0.39, 0.29) is 49.4 Å². The molecule has 0 saturated heterocycles. The van der Waals surface area contributed by atoms with Crippen molar-refractivity contribution in [3.05, 3.63) is 234 Å². The lowest BCUT2D eigenvalue weighted by atomic mass is 9.70. The highest BCUT2D eigenvalue weighted by Crippen LogP contribution is 2.63. The standard InChI is InChI=1S/C58H35N5/c1-8-25-47-39(18-1)40-19-2-9-26-48(40)58(47)49-27-10-3-20-41(49)42-33-32-37(35-50(42)58)36-16-15-17-38(34-36)55-59-56(62-51-28-11-4-21-43(51)44-22-5-12-29-52(44)62)61-57(60-55)63-53-30-13-6-23-45(53)46-24-7-14-31-54(46)63/h1-35H/i4D,5D,6D,7D,11D,12D,13D,14D,21D,22D,23D,24D,28D,29D,30D,31D. The maximum Gasteiger partial charge on any atom is 0.240 e. The minimum absolute atomic E-state index is 0.140. The quantitative estimate of drug-likeness (QED) is 0.178. The number of rotatable bonds is 4. The van der Waals surface area contributed by atoms with Gasteiger partial charge in [-0.3, -0.25) is 9.13 Å². The van der Waals surface area contributed by atoms with E-state index in [2.05, 4.69) is 66.7 Å². The van der Waals surface area contributed by atoms with Crippen molar-refractivity contribution in [2.75, 3.05) is 0 Å². The molecule has 2 aliphatic rings. The zero-order chi connectivity index (χ0) is 55.2. The van der Waals surface area contributed by atoms with Crippen molar-refractivity contribution in [2.24, 2.45) is 0 Å². The molecule has 0 saturated carbocycles. The minimum Gasteiger partial charge on any atom is -0.278 e. The van der Waals surface area contributed by atoms with Gasteiger partial charge in [-0.2, -0.15) is 15.0 Å². The summed E-state index contributed by atoms with van der Waals surface area (Å²) in [4.78, 5) is 14.8. The van der Waals surface area contributed by atoms with Gasteiger partial charge in [-0.25, -0.2) is 0 Å². The summed E-state index contributed by atoms with van der Waals surface area (Å²) >= 11 is 0. The molecule has 0 radical (unpaired) electrons. The van der Waals surface area contributed by atoms with Gasteiger partial charge in [-0.05, 0) is 91.9 Å². The Morgan fingerprint density at radius 2 is 0.746 bits per heavy atom. The SMILES string of the molecule is [2H]c1c([2H])c([2H])c2c(c1[2H])c1c([2H])c([2H])c([2H])c([2H])c1n2-c1nc(-c2cccc(-c3ccc4c(c3)C3(c5ccccc5-c5ccccc53)c3ccccc3-4)c2)nc(-n2c3c([2H])c([2H])c([2H])c([2H])c3c3c([2H])c([2H])c([2H])c([2H])c32)n1. The highest BCUT2D eigenvalue weighted by atomic mass is 15.3. The zero-order valence-corrected chi connectivity index (χ0v) is 32.7. The molecule has 0 atom stereocenters. The van der Waals surface area contributed by atoms with Crippen LogP contribution < -0.4 is 0 Å². The van der Waals surface area contributed by atoms with Gasteiger partial charge in [-0.15, -0.1) is 0 Å². The fourth-order valence-corrected chi connectivity index (χ4v) is 10.0. The second-order valence-electron chi connectivity index (χ2n) is 15.6. The Kier molecular flexibility index (Phi) is 4.56. The first-order valence-electron chi connectivity index (χ1n) is 28.2. The zero-order valence-electron chi connectivity index (χ0n) is 48.7.